The van der Waals surface area contributed by atoms with Crippen molar-refractivity contribution >= 4 is 11.8 Å². The van der Waals surface area contributed by atoms with Gasteiger partial charge in [-0.1, -0.05) is 0 Å². The highest BCUT2D eigenvalue weighted by molar-refractivity contribution is 6.08. The average molecular weight is 457 g/mol. The average Bonchev–Trinajstić information content (AvgIpc) is 3.32. The first-order valence-electron chi connectivity index (χ1n) is 11.2. The molecular weight excluding hydrogens is 424 g/mol. The van der Waals surface area contributed by atoms with Gasteiger partial charge in [-0.2, -0.15) is 0 Å². The van der Waals surface area contributed by atoms with E-state index < -0.39 is 0 Å². The topological polar surface area (TPSA) is 77.5 Å². The Bertz CT molecular complexity index is 1030. The van der Waals surface area contributed by atoms with Gasteiger partial charge in [0, 0.05) is 37.3 Å². The minimum atomic E-state index is -0.172. The van der Waals surface area contributed by atoms with Gasteiger partial charge < -0.3 is 28.7 Å². The second kappa shape index (κ2) is 10.5. The number of hydrogen-bond donors (Lipinski definition) is 0. The lowest BCUT2D eigenvalue weighted by molar-refractivity contribution is 0.0763. The van der Waals surface area contributed by atoms with Crippen LogP contribution in [-0.4, -0.2) is 68.8 Å². The van der Waals surface area contributed by atoms with Gasteiger partial charge in [-0.25, -0.2) is 0 Å². The Kier molecular flexibility index (Phi) is 7.68. The van der Waals surface area contributed by atoms with Gasteiger partial charge in [0.25, 0.3) is 11.8 Å². The van der Waals surface area contributed by atoms with E-state index in [2.05, 4.69) is 0 Å². The molecule has 0 fully saturated rings. The van der Waals surface area contributed by atoms with E-state index in [-0.39, 0.29) is 18.6 Å². The number of rotatable bonds is 9. The van der Waals surface area contributed by atoms with Crippen LogP contribution >= 0.6 is 0 Å². The van der Waals surface area contributed by atoms with Gasteiger partial charge in [0.15, 0.2) is 23.0 Å². The van der Waals surface area contributed by atoms with Gasteiger partial charge in [0.1, 0.15) is 0 Å². The van der Waals surface area contributed by atoms with E-state index in [1.54, 1.807) is 34.1 Å². The van der Waals surface area contributed by atoms with Crippen LogP contribution in [-0.2, 0) is 0 Å². The van der Waals surface area contributed by atoms with Crippen LogP contribution < -0.4 is 18.9 Å². The Morgan fingerprint density at radius 2 is 1.36 bits per heavy atom. The molecule has 0 N–H and O–H groups in total. The van der Waals surface area contributed by atoms with Crippen LogP contribution in [0.3, 0.4) is 0 Å². The quantitative estimate of drug-likeness (QED) is 0.566. The molecule has 1 aliphatic heterocycles. The number of benzene rings is 2. The molecule has 2 amide bonds. The lowest BCUT2D eigenvalue weighted by Crippen LogP contribution is -2.32. The maximum atomic E-state index is 13.6. The minimum absolute atomic E-state index is 0.0395. The number of hydrogen-bond acceptors (Lipinski definition) is 6. The molecule has 1 heterocycles. The van der Waals surface area contributed by atoms with Crippen LogP contribution in [0.15, 0.2) is 24.3 Å². The molecule has 3 rings (SSSR count). The van der Waals surface area contributed by atoms with Crippen molar-refractivity contribution in [3.8, 4) is 34.1 Å². The molecule has 33 heavy (non-hydrogen) atoms. The largest absolute Gasteiger partial charge is 0.493 e. The molecule has 0 aromatic heterocycles. The Hall–Kier alpha value is -3.42. The number of carbonyl (C=O) groups is 2. The van der Waals surface area contributed by atoms with E-state index in [1.165, 1.54) is 14.2 Å². The summed E-state index contributed by atoms with van der Waals surface area (Å²) in [5.41, 5.74) is 1.87. The number of carbonyl (C=O) groups excluding carboxylic acids is 2. The first-order valence-corrected chi connectivity index (χ1v) is 11.2. The summed E-state index contributed by atoms with van der Waals surface area (Å²) in [6.07, 6.45) is 0. The smallest absolute Gasteiger partial charge is 0.254 e. The summed E-state index contributed by atoms with van der Waals surface area (Å²) in [4.78, 5) is 30.5. The zero-order valence-electron chi connectivity index (χ0n) is 20.2. The third kappa shape index (κ3) is 4.42. The van der Waals surface area contributed by atoms with Crippen molar-refractivity contribution in [1.82, 2.24) is 9.80 Å². The normalized spacial score (nSPS) is 11.8. The number of fused-ring (bicyclic) bond motifs is 1. The first kappa shape index (κ1) is 24.2. The predicted molar refractivity (Wildman–Crippen MR) is 126 cm³/mol. The van der Waals surface area contributed by atoms with E-state index in [9.17, 15) is 9.59 Å². The molecule has 8 nitrogen and oxygen atoms in total. The number of nitrogens with zero attached hydrogens (tertiary/aromatic N) is 2. The van der Waals surface area contributed by atoms with Crippen molar-refractivity contribution in [3.05, 3.63) is 35.4 Å². The lowest BCUT2D eigenvalue weighted by atomic mass is 9.92. The SMILES string of the molecule is CCN(CC)C(=O)c1cc(OC)c(OC)cc1-c1c(C(=O)N(CC)CC)ccc2c1OCO2. The van der Waals surface area contributed by atoms with E-state index in [1.807, 2.05) is 27.7 Å². The van der Waals surface area contributed by atoms with Gasteiger partial charge in [-0.3, -0.25) is 9.59 Å². The Morgan fingerprint density at radius 1 is 0.818 bits per heavy atom. The van der Waals surface area contributed by atoms with Gasteiger partial charge in [-0.15, -0.1) is 0 Å². The molecule has 0 aliphatic carbocycles. The van der Waals surface area contributed by atoms with E-state index in [4.69, 9.17) is 18.9 Å². The highest BCUT2D eigenvalue weighted by Gasteiger charge is 2.31. The number of ether oxygens (including phenoxy) is 4. The Balaban J connectivity index is 2.36. The second-order valence-electron chi connectivity index (χ2n) is 7.43. The monoisotopic (exact) mass is 456 g/mol. The zero-order chi connectivity index (χ0) is 24.1. The van der Waals surface area contributed by atoms with Crippen molar-refractivity contribution in [3.63, 3.8) is 0 Å². The standard InChI is InChI=1S/C25H32N2O6/c1-7-26(8-2)24(28)16-11-12-19-23(33-15-32-19)22(16)17-13-20(30-5)21(31-6)14-18(17)25(29)27(9-3)10-4/h11-14H,7-10,15H2,1-6H3. The fourth-order valence-electron chi connectivity index (χ4n) is 4.04. The van der Waals surface area contributed by atoms with Crippen LogP contribution in [0.5, 0.6) is 23.0 Å². The Labute approximate surface area is 195 Å². The highest BCUT2D eigenvalue weighted by atomic mass is 16.7. The molecule has 0 bridgehead atoms. The van der Waals surface area contributed by atoms with Crippen molar-refractivity contribution in [2.45, 2.75) is 27.7 Å². The molecule has 2 aromatic rings. The first-order chi connectivity index (χ1) is 15.9. The van der Waals surface area contributed by atoms with Crippen LogP contribution in [0.4, 0.5) is 0 Å². The molecule has 0 saturated heterocycles. The molecular formula is C25H32N2O6. The highest BCUT2D eigenvalue weighted by Crippen LogP contribution is 2.47. The maximum absolute atomic E-state index is 13.6. The van der Waals surface area contributed by atoms with Gasteiger partial charge >= 0.3 is 0 Å². The lowest BCUT2D eigenvalue weighted by Gasteiger charge is -2.24. The summed E-state index contributed by atoms with van der Waals surface area (Å²) in [6, 6.07) is 6.85. The molecule has 8 heteroatoms. The fourth-order valence-corrected chi connectivity index (χ4v) is 4.04. The van der Waals surface area contributed by atoms with E-state index in [0.29, 0.717) is 71.4 Å². The van der Waals surface area contributed by atoms with Crippen LogP contribution in [0.2, 0.25) is 0 Å². The molecule has 0 saturated carbocycles. The minimum Gasteiger partial charge on any atom is -0.493 e. The molecule has 178 valence electrons. The molecule has 2 aromatic carbocycles. The predicted octanol–water partition coefficient (Wildman–Crippen LogP) is 4.06. The molecule has 0 atom stereocenters. The summed E-state index contributed by atoms with van der Waals surface area (Å²) in [7, 11) is 3.06. The molecule has 1 aliphatic rings. The summed E-state index contributed by atoms with van der Waals surface area (Å²) in [6.45, 7) is 9.95. The van der Waals surface area contributed by atoms with Crippen LogP contribution in [0.1, 0.15) is 48.4 Å². The van der Waals surface area contributed by atoms with Crippen molar-refractivity contribution in [2.24, 2.45) is 0 Å². The zero-order valence-corrected chi connectivity index (χ0v) is 20.2. The third-order valence-corrected chi connectivity index (χ3v) is 5.89. The van der Waals surface area contributed by atoms with Gasteiger partial charge in [-0.05, 0) is 52.0 Å². The van der Waals surface area contributed by atoms with Crippen LogP contribution in [0, 0.1) is 0 Å². The molecule has 0 spiro atoms. The maximum Gasteiger partial charge on any atom is 0.254 e. The summed E-state index contributed by atoms with van der Waals surface area (Å²) < 4.78 is 22.4. The van der Waals surface area contributed by atoms with E-state index >= 15 is 0 Å². The van der Waals surface area contributed by atoms with Gasteiger partial charge in [0.2, 0.25) is 6.79 Å². The number of methoxy groups -OCH3 is 2. The third-order valence-electron chi connectivity index (χ3n) is 5.89. The fraction of sp³-hybridized carbons (Fsp3) is 0.440. The number of amides is 2. The van der Waals surface area contributed by atoms with Crippen LogP contribution in [0.25, 0.3) is 11.1 Å². The van der Waals surface area contributed by atoms with Crippen molar-refractivity contribution < 1.29 is 28.5 Å². The second-order valence-corrected chi connectivity index (χ2v) is 7.43. The molecule has 0 unspecified atom stereocenters. The summed E-state index contributed by atoms with van der Waals surface area (Å²) in [5, 5.41) is 0. The van der Waals surface area contributed by atoms with Crippen molar-refractivity contribution in [1.29, 1.82) is 0 Å². The van der Waals surface area contributed by atoms with Gasteiger partial charge in [0.05, 0.1) is 25.3 Å². The summed E-state index contributed by atoms with van der Waals surface area (Å²) in [5.74, 6) is 1.52. The van der Waals surface area contributed by atoms with Crippen molar-refractivity contribution in [2.75, 3.05) is 47.2 Å². The summed E-state index contributed by atoms with van der Waals surface area (Å²) >= 11 is 0. The molecule has 0 radical (unpaired) electrons. The van der Waals surface area contributed by atoms with E-state index in [0.717, 1.165) is 0 Å². The Morgan fingerprint density at radius 3 is 1.91 bits per heavy atom.